The molecule has 0 unspecified atom stereocenters. The molecule has 0 N–H and O–H groups in total. The van der Waals surface area contributed by atoms with Gasteiger partial charge in [0.2, 0.25) is 5.91 Å². The zero-order valence-electron chi connectivity index (χ0n) is 20.8. The monoisotopic (exact) mass is 472 g/mol. The molecule has 0 aromatic rings. The number of esters is 1. The van der Waals surface area contributed by atoms with Gasteiger partial charge in [-0.25, -0.2) is 0 Å². The summed E-state index contributed by atoms with van der Waals surface area (Å²) in [4.78, 5) is 28.4. The average Bonchev–Trinajstić information content (AvgIpc) is 2.81. The Bertz CT molecular complexity index is 468. The molecular weight excluding hydrogens is 424 g/mol. The van der Waals surface area contributed by atoms with E-state index in [2.05, 4.69) is 11.8 Å². The first kappa shape index (κ1) is 29.2. The molecule has 1 fully saturated rings. The molecule has 0 spiro atoms. The van der Waals surface area contributed by atoms with E-state index < -0.39 is 0 Å². The highest BCUT2D eigenvalue weighted by atomic mass is 35.5. The third-order valence-corrected chi connectivity index (χ3v) is 6.65. The van der Waals surface area contributed by atoms with E-state index in [4.69, 9.17) is 16.3 Å². The van der Waals surface area contributed by atoms with Gasteiger partial charge in [-0.1, -0.05) is 84.0 Å². The van der Waals surface area contributed by atoms with Crippen LogP contribution >= 0.6 is 11.6 Å². The van der Waals surface area contributed by atoms with E-state index in [0.717, 1.165) is 52.0 Å². The van der Waals surface area contributed by atoms with Gasteiger partial charge in [0.1, 0.15) is 0 Å². The van der Waals surface area contributed by atoms with Crippen LogP contribution < -0.4 is 0 Å². The third-order valence-electron chi connectivity index (χ3n) is 6.39. The normalized spacial score (nSPS) is 14.6. The van der Waals surface area contributed by atoms with Gasteiger partial charge >= 0.3 is 5.97 Å². The van der Waals surface area contributed by atoms with E-state index in [1.165, 1.54) is 70.6 Å². The molecule has 0 aromatic carbocycles. The number of hydrogen-bond acceptors (Lipinski definition) is 4. The molecule has 0 saturated carbocycles. The minimum absolute atomic E-state index is 0.0694. The fourth-order valence-corrected chi connectivity index (χ4v) is 4.37. The molecule has 0 aromatic heterocycles. The lowest BCUT2D eigenvalue weighted by atomic mass is 10.0. The molecule has 0 atom stereocenters. The van der Waals surface area contributed by atoms with Gasteiger partial charge < -0.3 is 9.64 Å². The molecule has 1 saturated heterocycles. The van der Waals surface area contributed by atoms with Crippen LogP contribution in [0.5, 0.6) is 0 Å². The van der Waals surface area contributed by atoms with E-state index in [1.54, 1.807) is 0 Å². The lowest BCUT2D eigenvalue weighted by molar-refractivity contribution is -0.146. The molecule has 0 bridgehead atoms. The maximum atomic E-state index is 12.3. The Labute approximate surface area is 202 Å². The minimum Gasteiger partial charge on any atom is -0.466 e. The first-order chi connectivity index (χ1) is 15.7. The van der Waals surface area contributed by atoms with Crippen LogP contribution in [0.4, 0.5) is 0 Å². The second-order valence-electron chi connectivity index (χ2n) is 9.23. The number of alkyl halides is 1. The van der Waals surface area contributed by atoms with Crippen LogP contribution in [-0.4, -0.2) is 66.9 Å². The van der Waals surface area contributed by atoms with Crippen molar-refractivity contribution in [3.05, 3.63) is 0 Å². The van der Waals surface area contributed by atoms with Crippen LogP contribution in [0, 0.1) is 0 Å². The van der Waals surface area contributed by atoms with Crippen molar-refractivity contribution in [2.24, 2.45) is 0 Å². The Morgan fingerprint density at radius 3 is 1.78 bits per heavy atom. The van der Waals surface area contributed by atoms with Crippen molar-refractivity contribution in [3.8, 4) is 0 Å². The van der Waals surface area contributed by atoms with Crippen LogP contribution in [0.3, 0.4) is 0 Å². The van der Waals surface area contributed by atoms with Crippen LogP contribution in [0.1, 0.15) is 110 Å². The molecule has 6 heteroatoms. The number of halogens is 1. The molecule has 1 aliphatic heterocycles. The van der Waals surface area contributed by atoms with E-state index in [0.29, 0.717) is 12.5 Å². The number of carbonyl (C=O) groups is 2. The molecule has 1 heterocycles. The van der Waals surface area contributed by atoms with Gasteiger partial charge in [-0.3, -0.25) is 14.5 Å². The van der Waals surface area contributed by atoms with Crippen LogP contribution in [0.2, 0.25) is 0 Å². The van der Waals surface area contributed by atoms with Gasteiger partial charge in [0, 0.05) is 38.5 Å². The fraction of sp³-hybridized carbons (Fsp3) is 0.923. The SMILES string of the molecule is CCCCCCCCCCCCCCCOC(=O)CCC(=O)N1CCN(CCCCl)CC1. The quantitative estimate of drug-likeness (QED) is 0.121. The van der Waals surface area contributed by atoms with E-state index in [1.807, 2.05) is 4.90 Å². The molecule has 1 aliphatic rings. The summed E-state index contributed by atoms with van der Waals surface area (Å²) >= 11 is 5.74. The van der Waals surface area contributed by atoms with Crippen molar-refractivity contribution < 1.29 is 14.3 Å². The maximum absolute atomic E-state index is 12.3. The van der Waals surface area contributed by atoms with Crippen molar-refractivity contribution in [2.45, 2.75) is 110 Å². The van der Waals surface area contributed by atoms with Gasteiger partial charge in [0.25, 0.3) is 0 Å². The summed E-state index contributed by atoms with van der Waals surface area (Å²) in [6, 6.07) is 0. The van der Waals surface area contributed by atoms with Crippen LogP contribution in [0.15, 0.2) is 0 Å². The Hall–Kier alpha value is -0.810. The number of rotatable bonds is 20. The van der Waals surface area contributed by atoms with Crippen molar-refractivity contribution in [1.82, 2.24) is 9.80 Å². The summed E-state index contributed by atoms with van der Waals surface area (Å²) in [7, 11) is 0. The maximum Gasteiger partial charge on any atom is 0.306 e. The van der Waals surface area contributed by atoms with Gasteiger partial charge in [-0.15, -0.1) is 11.6 Å². The van der Waals surface area contributed by atoms with E-state index in [9.17, 15) is 9.59 Å². The summed E-state index contributed by atoms with van der Waals surface area (Å²) in [5, 5.41) is 0. The number of ether oxygens (including phenoxy) is 1. The smallest absolute Gasteiger partial charge is 0.306 e. The van der Waals surface area contributed by atoms with Crippen molar-refractivity contribution in [2.75, 3.05) is 45.2 Å². The standard InChI is InChI=1S/C26H49ClN2O3/c1-2-3-4-5-6-7-8-9-10-11-12-13-14-24-32-26(31)17-16-25(30)29-22-20-28(21-23-29)19-15-18-27/h2-24H2,1H3. The highest BCUT2D eigenvalue weighted by Crippen LogP contribution is 2.13. The summed E-state index contributed by atoms with van der Waals surface area (Å²) in [5.41, 5.74) is 0. The van der Waals surface area contributed by atoms with Gasteiger partial charge in [0.15, 0.2) is 0 Å². The zero-order valence-corrected chi connectivity index (χ0v) is 21.5. The number of carbonyl (C=O) groups excluding carboxylic acids is 2. The van der Waals surface area contributed by atoms with Gasteiger partial charge in [-0.05, 0) is 19.4 Å². The molecule has 1 amide bonds. The summed E-state index contributed by atoms with van der Waals surface area (Å²) in [6.07, 6.45) is 18.4. The van der Waals surface area contributed by atoms with Crippen LogP contribution in [-0.2, 0) is 14.3 Å². The summed E-state index contributed by atoms with van der Waals surface area (Å²) in [5.74, 6) is 0.513. The Kier molecular flexibility index (Phi) is 19.0. The minimum atomic E-state index is -0.238. The molecule has 1 rings (SSSR count). The average molecular weight is 473 g/mol. The zero-order chi connectivity index (χ0) is 23.3. The Morgan fingerprint density at radius 1 is 0.719 bits per heavy atom. The van der Waals surface area contributed by atoms with Crippen molar-refractivity contribution >= 4 is 23.5 Å². The number of unbranched alkanes of at least 4 members (excludes halogenated alkanes) is 12. The lowest BCUT2D eigenvalue weighted by Crippen LogP contribution is -2.48. The van der Waals surface area contributed by atoms with Crippen molar-refractivity contribution in [3.63, 3.8) is 0 Å². The molecule has 32 heavy (non-hydrogen) atoms. The first-order valence-corrected chi connectivity index (χ1v) is 13.9. The van der Waals surface area contributed by atoms with Gasteiger partial charge in [0.05, 0.1) is 13.0 Å². The predicted octanol–water partition coefficient (Wildman–Crippen LogP) is 6.17. The topological polar surface area (TPSA) is 49.9 Å². The Balaban J connectivity index is 1.87. The third kappa shape index (κ3) is 15.9. The highest BCUT2D eigenvalue weighted by Gasteiger charge is 2.21. The number of amides is 1. The number of hydrogen-bond donors (Lipinski definition) is 0. The first-order valence-electron chi connectivity index (χ1n) is 13.4. The summed E-state index contributed by atoms with van der Waals surface area (Å²) < 4.78 is 5.31. The summed E-state index contributed by atoms with van der Waals surface area (Å²) in [6.45, 7) is 7.03. The van der Waals surface area contributed by atoms with E-state index in [-0.39, 0.29) is 24.7 Å². The molecule has 0 aliphatic carbocycles. The molecule has 0 radical (unpaired) electrons. The molecule has 188 valence electrons. The molecule has 5 nitrogen and oxygen atoms in total. The second kappa shape index (κ2) is 20.8. The van der Waals surface area contributed by atoms with Crippen LogP contribution in [0.25, 0.3) is 0 Å². The number of piperazine rings is 1. The Morgan fingerprint density at radius 2 is 1.25 bits per heavy atom. The highest BCUT2D eigenvalue weighted by molar-refractivity contribution is 6.17. The second-order valence-corrected chi connectivity index (χ2v) is 9.61. The number of nitrogens with zero attached hydrogens (tertiary/aromatic N) is 2. The van der Waals surface area contributed by atoms with Gasteiger partial charge in [-0.2, -0.15) is 0 Å². The van der Waals surface area contributed by atoms with E-state index >= 15 is 0 Å². The van der Waals surface area contributed by atoms with Crippen molar-refractivity contribution in [1.29, 1.82) is 0 Å². The molecular formula is C26H49ClN2O3. The fourth-order valence-electron chi connectivity index (χ4n) is 4.25. The largest absolute Gasteiger partial charge is 0.466 e. The predicted molar refractivity (Wildman–Crippen MR) is 134 cm³/mol. The lowest BCUT2D eigenvalue weighted by Gasteiger charge is -2.34.